The number of nitrogens with zero attached hydrogens (tertiary/aromatic N) is 4. The van der Waals surface area contributed by atoms with Gasteiger partial charge in [0, 0.05) is 12.2 Å². The van der Waals surface area contributed by atoms with Crippen LogP contribution in [0, 0.1) is 6.92 Å². The molecule has 2 aromatic heterocycles. The Labute approximate surface area is 195 Å². The molecule has 2 heterocycles. The van der Waals surface area contributed by atoms with Crippen LogP contribution in [0.25, 0.3) is 16.4 Å². The average Bonchev–Trinajstić information content (AvgIpc) is 3.49. The van der Waals surface area contributed by atoms with Gasteiger partial charge in [-0.1, -0.05) is 48.2 Å². The molecule has 4 aromatic rings. The van der Waals surface area contributed by atoms with E-state index < -0.39 is 0 Å². The molecular weight excluding hydrogens is 440 g/mol. The van der Waals surface area contributed by atoms with E-state index in [1.54, 1.807) is 18.4 Å². The Hall–Kier alpha value is -3.10. The molecule has 32 heavy (non-hydrogen) atoms. The number of anilines is 1. The van der Waals surface area contributed by atoms with E-state index in [0.717, 1.165) is 27.6 Å². The van der Waals surface area contributed by atoms with Crippen molar-refractivity contribution in [2.24, 2.45) is 0 Å². The molecule has 0 spiro atoms. The van der Waals surface area contributed by atoms with Crippen LogP contribution in [0.5, 0.6) is 5.75 Å². The molecule has 0 saturated heterocycles. The smallest absolute Gasteiger partial charge is 0.237 e. The summed E-state index contributed by atoms with van der Waals surface area (Å²) in [5.41, 5.74) is 2.85. The van der Waals surface area contributed by atoms with E-state index in [4.69, 9.17) is 4.74 Å². The van der Waals surface area contributed by atoms with Crippen molar-refractivity contribution in [2.75, 3.05) is 24.3 Å². The Morgan fingerprint density at radius 1 is 1.09 bits per heavy atom. The van der Waals surface area contributed by atoms with E-state index in [2.05, 4.69) is 10.2 Å². The van der Waals surface area contributed by atoms with Crippen molar-refractivity contribution in [1.82, 2.24) is 14.8 Å². The fourth-order valence-corrected chi connectivity index (χ4v) is 5.03. The number of hydrogen-bond acceptors (Lipinski definition) is 6. The number of para-hydroxylation sites is 3. The van der Waals surface area contributed by atoms with Crippen molar-refractivity contribution >= 4 is 34.7 Å². The highest BCUT2D eigenvalue weighted by Gasteiger charge is 2.22. The van der Waals surface area contributed by atoms with Gasteiger partial charge < -0.3 is 9.64 Å². The summed E-state index contributed by atoms with van der Waals surface area (Å²) in [5, 5.41) is 11.5. The highest BCUT2D eigenvalue weighted by molar-refractivity contribution is 7.99. The summed E-state index contributed by atoms with van der Waals surface area (Å²) in [6.45, 7) is 4.61. The monoisotopic (exact) mass is 464 g/mol. The van der Waals surface area contributed by atoms with Gasteiger partial charge in [0.05, 0.1) is 23.4 Å². The summed E-state index contributed by atoms with van der Waals surface area (Å²) in [6.07, 6.45) is 0. The van der Waals surface area contributed by atoms with Crippen molar-refractivity contribution < 1.29 is 9.53 Å². The van der Waals surface area contributed by atoms with Crippen LogP contribution >= 0.6 is 23.1 Å². The van der Waals surface area contributed by atoms with Gasteiger partial charge in [-0.15, -0.1) is 21.5 Å². The molecule has 0 unspecified atom stereocenters. The maximum Gasteiger partial charge on any atom is 0.237 e. The average molecular weight is 465 g/mol. The number of amides is 1. The molecule has 2 aromatic carbocycles. The van der Waals surface area contributed by atoms with Gasteiger partial charge in [0.15, 0.2) is 11.0 Å². The zero-order valence-electron chi connectivity index (χ0n) is 18.2. The molecule has 0 atom stereocenters. The SMILES string of the molecule is CCN(C(=O)CSc1nnc(-c2cccs2)n1-c1ccccc1OC)c1ccccc1C. The molecule has 8 heteroatoms. The Morgan fingerprint density at radius 3 is 2.59 bits per heavy atom. The molecule has 4 rings (SSSR count). The van der Waals surface area contributed by atoms with Gasteiger partial charge in [-0.25, -0.2) is 0 Å². The summed E-state index contributed by atoms with van der Waals surface area (Å²) in [5.74, 6) is 1.72. The molecule has 0 N–H and O–H groups in total. The van der Waals surface area contributed by atoms with Crippen molar-refractivity contribution in [2.45, 2.75) is 19.0 Å². The molecular formula is C24H24N4O2S2. The van der Waals surface area contributed by atoms with Gasteiger partial charge >= 0.3 is 0 Å². The summed E-state index contributed by atoms with van der Waals surface area (Å²) in [7, 11) is 1.64. The topological polar surface area (TPSA) is 60.2 Å². The predicted molar refractivity (Wildman–Crippen MR) is 131 cm³/mol. The van der Waals surface area contributed by atoms with Gasteiger partial charge in [0.2, 0.25) is 5.91 Å². The quantitative estimate of drug-likeness (QED) is 0.324. The Bertz CT molecular complexity index is 1200. The fraction of sp³-hybridized carbons (Fsp3) is 0.208. The van der Waals surface area contributed by atoms with Crippen LogP contribution < -0.4 is 9.64 Å². The van der Waals surface area contributed by atoms with Crippen LogP contribution in [0.3, 0.4) is 0 Å². The van der Waals surface area contributed by atoms with E-state index >= 15 is 0 Å². The number of hydrogen-bond donors (Lipinski definition) is 0. The minimum absolute atomic E-state index is 0.0269. The van der Waals surface area contributed by atoms with Gasteiger partial charge in [0.25, 0.3) is 0 Å². The first-order valence-electron chi connectivity index (χ1n) is 10.3. The van der Waals surface area contributed by atoms with Crippen LogP contribution in [0.4, 0.5) is 5.69 Å². The number of ether oxygens (including phenoxy) is 1. The maximum absolute atomic E-state index is 13.1. The summed E-state index contributed by atoms with van der Waals surface area (Å²) in [4.78, 5) is 15.9. The van der Waals surface area contributed by atoms with E-state index in [1.165, 1.54) is 11.8 Å². The number of aromatic nitrogens is 3. The van der Waals surface area contributed by atoms with Crippen LogP contribution in [0.2, 0.25) is 0 Å². The molecule has 164 valence electrons. The lowest BCUT2D eigenvalue weighted by Crippen LogP contribution is -2.32. The van der Waals surface area contributed by atoms with Crippen molar-refractivity contribution in [3.05, 3.63) is 71.6 Å². The summed E-state index contributed by atoms with van der Waals surface area (Å²) >= 11 is 2.97. The lowest BCUT2D eigenvalue weighted by Gasteiger charge is -2.22. The number of benzene rings is 2. The minimum atomic E-state index is 0.0269. The van der Waals surface area contributed by atoms with Gasteiger partial charge in [0.1, 0.15) is 5.75 Å². The summed E-state index contributed by atoms with van der Waals surface area (Å²) < 4.78 is 7.56. The second-order valence-electron chi connectivity index (χ2n) is 7.00. The zero-order chi connectivity index (χ0) is 22.5. The summed E-state index contributed by atoms with van der Waals surface area (Å²) in [6, 6.07) is 19.7. The van der Waals surface area contributed by atoms with E-state index in [-0.39, 0.29) is 11.7 Å². The van der Waals surface area contributed by atoms with Gasteiger partial charge in [-0.3, -0.25) is 9.36 Å². The number of rotatable bonds is 8. The Balaban J connectivity index is 1.66. The lowest BCUT2D eigenvalue weighted by molar-refractivity contribution is -0.116. The number of carbonyl (C=O) groups excluding carboxylic acids is 1. The molecule has 0 aliphatic carbocycles. The minimum Gasteiger partial charge on any atom is -0.495 e. The fourth-order valence-electron chi connectivity index (χ4n) is 3.51. The first kappa shape index (κ1) is 22.1. The molecule has 0 radical (unpaired) electrons. The number of carbonyl (C=O) groups is 1. The standard InChI is InChI=1S/C24H24N4O2S2/c1-4-27(18-11-6-5-10-17(18)2)22(29)16-32-24-26-25-23(21-14-9-15-31-21)28(24)19-12-7-8-13-20(19)30-3/h5-15H,4,16H2,1-3H3. The highest BCUT2D eigenvalue weighted by Crippen LogP contribution is 2.34. The second kappa shape index (κ2) is 10.0. The van der Waals surface area contributed by atoms with Crippen LogP contribution in [0.15, 0.2) is 71.2 Å². The highest BCUT2D eigenvalue weighted by atomic mass is 32.2. The van der Waals surface area contributed by atoms with Crippen molar-refractivity contribution in [3.8, 4) is 22.1 Å². The lowest BCUT2D eigenvalue weighted by atomic mass is 10.2. The normalized spacial score (nSPS) is 10.8. The van der Waals surface area contributed by atoms with Gasteiger partial charge in [-0.05, 0) is 49.1 Å². The van der Waals surface area contributed by atoms with E-state index in [0.29, 0.717) is 17.5 Å². The van der Waals surface area contributed by atoms with Crippen molar-refractivity contribution in [1.29, 1.82) is 0 Å². The molecule has 6 nitrogen and oxygen atoms in total. The molecule has 0 aliphatic heterocycles. The Kier molecular flexibility index (Phi) is 6.92. The maximum atomic E-state index is 13.1. The van der Waals surface area contributed by atoms with Crippen molar-refractivity contribution in [3.63, 3.8) is 0 Å². The molecule has 1 amide bonds. The zero-order valence-corrected chi connectivity index (χ0v) is 19.8. The molecule has 0 saturated carbocycles. The number of methoxy groups -OCH3 is 1. The van der Waals surface area contributed by atoms with Gasteiger partial charge in [-0.2, -0.15) is 0 Å². The first-order chi connectivity index (χ1) is 15.6. The van der Waals surface area contributed by atoms with E-state index in [9.17, 15) is 4.79 Å². The number of aryl methyl sites for hydroxylation is 1. The second-order valence-corrected chi connectivity index (χ2v) is 8.89. The molecule has 0 fully saturated rings. The van der Waals surface area contributed by atoms with Crippen LogP contribution in [0.1, 0.15) is 12.5 Å². The number of thiophene rings is 1. The number of thioether (sulfide) groups is 1. The third kappa shape index (κ3) is 4.42. The third-order valence-electron chi connectivity index (χ3n) is 5.05. The Morgan fingerprint density at radius 2 is 1.88 bits per heavy atom. The van der Waals surface area contributed by atoms with E-state index in [1.807, 2.05) is 89.4 Å². The first-order valence-corrected chi connectivity index (χ1v) is 12.1. The predicted octanol–water partition coefficient (Wildman–Crippen LogP) is 5.46. The molecule has 0 aliphatic rings. The van der Waals surface area contributed by atoms with Crippen LogP contribution in [-0.2, 0) is 4.79 Å². The third-order valence-corrected chi connectivity index (χ3v) is 6.83. The van der Waals surface area contributed by atoms with Crippen LogP contribution in [-0.4, -0.2) is 40.1 Å². The largest absolute Gasteiger partial charge is 0.495 e. The molecule has 0 bridgehead atoms.